The molecule has 192 valence electrons. The van der Waals surface area contributed by atoms with E-state index in [1.54, 1.807) is 11.3 Å². The Morgan fingerprint density at radius 3 is 2.45 bits per heavy atom. The molecule has 0 N–H and O–H groups in total. The third kappa shape index (κ3) is 4.31. The largest absolute Gasteiger partial charge is 0.447 e. The summed E-state index contributed by atoms with van der Waals surface area (Å²) in [6, 6.07) is 25.8. The smallest absolute Gasteiger partial charge is 0.182 e. The summed E-state index contributed by atoms with van der Waals surface area (Å²) in [5.74, 6) is 0.841. The highest BCUT2D eigenvalue weighted by Gasteiger charge is 2.22. The third-order valence-corrected chi connectivity index (χ3v) is 8.57. The van der Waals surface area contributed by atoms with Gasteiger partial charge in [-0.2, -0.15) is 0 Å². The van der Waals surface area contributed by atoms with Crippen LogP contribution in [0.4, 0.5) is 5.69 Å². The van der Waals surface area contributed by atoms with E-state index in [4.69, 9.17) is 9.72 Å². The van der Waals surface area contributed by atoms with E-state index in [1.807, 2.05) is 12.3 Å². The summed E-state index contributed by atoms with van der Waals surface area (Å²) < 4.78 is 7.69. The van der Waals surface area contributed by atoms with E-state index >= 15 is 0 Å². The molecule has 0 atom stereocenters. The van der Waals surface area contributed by atoms with Crippen molar-refractivity contribution in [3.63, 3.8) is 0 Å². The summed E-state index contributed by atoms with van der Waals surface area (Å²) in [6.45, 7) is 11.9. The Bertz CT molecular complexity index is 1710. The molecule has 0 fully saturated rings. The molecule has 0 radical (unpaired) electrons. The van der Waals surface area contributed by atoms with E-state index in [0.29, 0.717) is 0 Å². The summed E-state index contributed by atoms with van der Waals surface area (Å²) in [7, 11) is 2.13. The molecular weight excluding hydrogens is 486 g/mol. The van der Waals surface area contributed by atoms with Gasteiger partial charge in [0.15, 0.2) is 5.06 Å². The topological polar surface area (TPSA) is 28.6 Å². The number of thiophene rings is 1. The molecule has 0 aliphatic carbocycles. The van der Waals surface area contributed by atoms with Crippen LogP contribution < -0.4 is 9.64 Å². The minimum atomic E-state index is 0.0472. The first kappa shape index (κ1) is 24.5. The fourth-order valence-electron chi connectivity index (χ4n) is 5.18. The van der Waals surface area contributed by atoms with E-state index in [2.05, 4.69) is 118 Å². The van der Waals surface area contributed by atoms with Crippen LogP contribution in [0.15, 0.2) is 90.4 Å². The number of pyridine rings is 1. The second-order valence-electron chi connectivity index (χ2n) is 11.2. The second-order valence-corrected chi connectivity index (χ2v) is 12.2. The van der Waals surface area contributed by atoms with Crippen molar-refractivity contribution in [2.24, 2.45) is 0 Å². The Morgan fingerprint density at radius 1 is 0.868 bits per heavy atom. The lowest BCUT2D eigenvalue weighted by molar-refractivity contribution is 0.459. The summed E-state index contributed by atoms with van der Waals surface area (Å²) in [4.78, 5) is 9.43. The number of rotatable bonds is 4. The van der Waals surface area contributed by atoms with Crippen molar-refractivity contribution in [2.75, 3.05) is 18.6 Å². The molecule has 0 unspecified atom stereocenters. The summed E-state index contributed by atoms with van der Waals surface area (Å²) in [6.07, 6.45) is 1.94. The van der Waals surface area contributed by atoms with Crippen LogP contribution in [0.1, 0.15) is 40.2 Å². The summed E-state index contributed by atoms with van der Waals surface area (Å²) in [5.41, 5.74) is 7.20. The van der Waals surface area contributed by atoms with Crippen LogP contribution in [0.2, 0.25) is 0 Å². The number of fused-ring (bicyclic) bond motifs is 2. The maximum atomic E-state index is 6.49. The second kappa shape index (κ2) is 9.17. The van der Waals surface area contributed by atoms with Gasteiger partial charge in [-0.3, -0.25) is 4.98 Å². The molecule has 4 nitrogen and oxygen atoms in total. The number of benzene rings is 3. The lowest BCUT2D eigenvalue weighted by Gasteiger charge is -2.21. The molecule has 5 heteroatoms. The molecule has 3 aromatic carbocycles. The third-order valence-electron chi connectivity index (χ3n) is 7.61. The Kier molecular flexibility index (Phi) is 5.92. The van der Waals surface area contributed by atoms with Crippen molar-refractivity contribution in [2.45, 2.75) is 40.0 Å². The van der Waals surface area contributed by atoms with Crippen LogP contribution in [0.5, 0.6) is 10.8 Å². The fourth-order valence-corrected chi connectivity index (χ4v) is 6.17. The van der Waals surface area contributed by atoms with Crippen molar-refractivity contribution in [3.8, 4) is 22.1 Å². The minimum absolute atomic E-state index is 0.0472. The molecule has 3 heterocycles. The molecule has 6 rings (SSSR count). The molecule has 0 saturated heterocycles. The zero-order valence-corrected chi connectivity index (χ0v) is 23.7. The van der Waals surface area contributed by atoms with Gasteiger partial charge < -0.3 is 14.5 Å². The van der Waals surface area contributed by atoms with Gasteiger partial charge in [0.05, 0.1) is 12.4 Å². The number of hydrogen-bond donors (Lipinski definition) is 0. The molecule has 0 amide bonds. The normalized spacial score (nSPS) is 14.3. The zero-order chi connectivity index (χ0) is 26.6. The van der Waals surface area contributed by atoms with Gasteiger partial charge in [0.2, 0.25) is 0 Å². The van der Waals surface area contributed by atoms with E-state index in [9.17, 15) is 0 Å². The predicted molar refractivity (Wildman–Crippen MR) is 161 cm³/mol. The maximum Gasteiger partial charge on any atom is 0.182 e. The van der Waals surface area contributed by atoms with E-state index < -0.39 is 0 Å². The number of ether oxygens (including phenoxy) is 1. The molecule has 1 aliphatic heterocycles. The predicted octanol–water partition coefficient (Wildman–Crippen LogP) is 9.17. The minimum Gasteiger partial charge on any atom is -0.447 e. The standard InChI is InChI=1S/C33H33N3OS/c1-21-22(2)36(20-35(21)6)25-11-9-12-26(18-25)37-31-19-28-30(38-31)16-23-10-7-8-13-27(23)32(28)29-17-24(14-15-34-29)33(3,4)5/h7-19H,20H2,1-6H3. The van der Waals surface area contributed by atoms with Gasteiger partial charge in [-0.15, -0.1) is 0 Å². The number of allylic oxidation sites excluding steroid dienone is 2. The summed E-state index contributed by atoms with van der Waals surface area (Å²) in [5, 5.41) is 4.47. The van der Waals surface area contributed by atoms with Crippen molar-refractivity contribution in [1.29, 1.82) is 0 Å². The van der Waals surface area contributed by atoms with Crippen LogP contribution in [0, 0.1) is 0 Å². The Hall–Kier alpha value is -3.83. The number of hydrogen-bond acceptors (Lipinski definition) is 5. The van der Waals surface area contributed by atoms with Gasteiger partial charge in [-0.05, 0) is 65.9 Å². The van der Waals surface area contributed by atoms with Crippen molar-refractivity contribution in [3.05, 3.63) is 96.0 Å². The fraction of sp³-hybridized carbons (Fsp3) is 0.242. The maximum absolute atomic E-state index is 6.49. The average molecular weight is 520 g/mol. The molecule has 0 bridgehead atoms. The number of anilines is 1. The van der Waals surface area contributed by atoms with Gasteiger partial charge in [-0.1, -0.05) is 62.4 Å². The first-order valence-corrected chi connectivity index (χ1v) is 13.9. The van der Waals surface area contributed by atoms with Crippen LogP contribution in [-0.4, -0.2) is 23.6 Å². The molecule has 5 aromatic rings. The monoisotopic (exact) mass is 519 g/mol. The number of nitrogens with zero attached hydrogens (tertiary/aromatic N) is 3. The summed E-state index contributed by atoms with van der Waals surface area (Å²) >= 11 is 1.68. The van der Waals surface area contributed by atoms with Crippen LogP contribution in [0.25, 0.3) is 32.1 Å². The molecule has 1 aliphatic rings. The van der Waals surface area contributed by atoms with Crippen LogP contribution >= 0.6 is 11.3 Å². The van der Waals surface area contributed by atoms with Gasteiger partial charge in [-0.25, -0.2) is 0 Å². The highest BCUT2D eigenvalue weighted by Crippen LogP contribution is 2.44. The SMILES string of the molecule is CC1=C(C)N(c2cccc(Oc3cc4c(-c5cc(C(C)(C)C)ccn5)c5ccccc5cc4s3)c2)CN1C. The Balaban J connectivity index is 1.43. The molecule has 0 saturated carbocycles. The van der Waals surface area contributed by atoms with Crippen LogP contribution in [-0.2, 0) is 5.41 Å². The first-order chi connectivity index (χ1) is 18.2. The van der Waals surface area contributed by atoms with Gasteiger partial charge in [0.1, 0.15) is 5.75 Å². The van der Waals surface area contributed by atoms with Crippen molar-refractivity contribution in [1.82, 2.24) is 9.88 Å². The van der Waals surface area contributed by atoms with Gasteiger partial charge in [0.25, 0.3) is 0 Å². The van der Waals surface area contributed by atoms with Crippen LogP contribution in [0.3, 0.4) is 0 Å². The molecule has 38 heavy (non-hydrogen) atoms. The van der Waals surface area contributed by atoms with E-state index in [1.165, 1.54) is 43.4 Å². The van der Waals surface area contributed by atoms with Gasteiger partial charge in [0, 0.05) is 58.1 Å². The Labute approximate surface area is 228 Å². The lowest BCUT2D eigenvalue weighted by atomic mass is 9.86. The quantitative estimate of drug-likeness (QED) is 0.237. The van der Waals surface area contributed by atoms with E-state index in [0.717, 1.165) is 28.9 Å². The highest BCUT2D eigenvalue weighted by atomic mass is 32.1. The average Bonchev–Trinajstić information content (AvgIpc) is 3.41. The Morgan fingerprint density at radius 2 is 1.68 bits per heavy atom. The molecular formula is C33H33N3OS. The van der Waals surface area contributed by atoms with E-state index in [-0.39, 0.29) is 5.41 Å². The van der Waals surface area contributed by atoms with Crippen molar-refractivity contribution >= 4 is 37.9 Å². The first-order valence-electron chi connectivity index (χ1n) is 13.1. The van der Waals surface area contributed by atoms with Crippen molar-refractivity contribution < 1.29 is 4.74 Å². The highest BCUT2D eigenvalue weighted by molar-refractivity contribution is 7.21. The molecule has 0 spiro atoms. The number of aromatic nitrogens is 1. The lowest BCUT2D eigenvalue weighted by Crippen LogP contribution is -2.24. The van der Waals surface area contributed by atoms with Gasteiger partial charge >= 0.3 is 0 Å². The molecule has 2 aromatic heterocycles. The zero-order valence-electron chi connectivity index (χ0n) is 22.9.